The molecule has 1 N–H and O–H groups in total. The van der Waals surface area contributed by atoms with Crippen molar-refractivity contribution in [3.63, 3.8) is 0 Å². The van der Waals surface area contributed by atoms with Gasteiger partial charge in [0.05, 0.1) is 27.6 Å². The minimum Gasteiger partial charge on any atom is -0.452 e. The van der Waals surface area contributed by atoms with Crippen LogP contribution in [-0.2, 0) is 15.3 Å². The number of amides is 1. The molecule has 9 nitrogen and oxygen atoms in total. The molecule has 0 aliphatic carbocycles. The number of esters is 1. The number of nitro benzene ring substituents is 1. The monoisotopic (exact) mass is 441 g/mol. The molecule has 0 saturated heterocycles. The van der Waals surface area contributed by atoms with Crippen LogP contribution in [0.1, 0.15) is 27.4 Å². The van der Waals surface area contributed by atoms with Gasteiger partial charge >= 0.3 is 5.97 Å². The molecule has 0 saturated carbocycles. The van der Waals surface area contributed by atoms with Crippen LogP contribution in [0.4, 0.5) is 11.4 Å². The first-order valence-electron chi connectivity index (χ1n) is 9.19. The molecule has 0 atom stereocenters. The van der Waals surface area contributed by atoms with Crippen molar-refractivity contribution in [1.82, 2.24) is 5.16 Å². The minimum absolute atomic E-state index is 0.147. The summed E-state index contributed by atoms with van der Waals surface area (Å²) in [4.78, 5) is 35.7. The smallest absolute Gasteiger partial charge is 0.339 e. The third-order valence-corrected chi connectivity index (χ3v) is 5.29. The number of carbonyl (C=O) groups is 2. The van der Waals surface area contributed by atoms with E-state index in [2.05, 4.69) is 10.5 Å². The summed E-state index contributed by atoms with van der Waals surface area (Å²) in [6.07, 6.45) is 0. The molecule has 0 bridgehead atoms. The fourth-order valence-corrected chi connectivity index (χ4v) is 3.56. The molecule has 1 aromatic heterocycles. The maximum atomic E-state index is 12.5. The van der Waals surface area contributed by atoms with Crippen LogP contribution in [0.2, 0.25) is 0 Å². The van der Waals surface area contributed by atoms with Crippen molar-refractivity contribution in [2.75, 3.05) is 11.9 Å². The summed E-state index contributed by atoms with van der Waals surface area (Å²) in [6, 6.07) is 12.8. The fraction of sp³-hybridized carbons (Fsp3) is 0.190. The Balaban J connectivity index is 1.60. The molecule has 1 amide bonds. The van der Waals surface area contributed by atoms with Crippen molar-refractivity contribution in [2.45, 2.75) is 24.5 Å². The van der Waals surface area contributed by atoms with Gasteiger partial charge in [0.1, 0.15) is 5.76 Å². The molecule has 3 rings (SSSR count). The van der Waals surface area contributed by atoms with E-state index in [1.807, 2.05) is 13.0 Å². The van der Waals surface area contributed by atoms with Crippen molar-refractivity contribution in [1.29, 1.82) is 0 Å². The number of nitrogens with one attached hydrogen (secondary N) is 1. The van der Waals surface area contributed by atoms with Gasteiger partial charge in [-0.15, -0.1) is 11.8 Å². The van der Waals surface area contributed by atoms with E-state index in [1.54, 1.807) is 31.2 Å². The zero-order valence-corrected chi connectivity index (χ0v) is 17.6. The first-order chi connectivity index (χ1) is 14.8. The van der Waals surface area contributed by atoms with Gasteiger partial charge in [0.15, 0.2) is 6.61 Å². The molecule has 0 fully saturated rings. The summed E-state index contributed by atoms with van der Waals surface area (Å²) in [5.41, 5.74) is 1.88. The average molecular weight is 441 g/mol. The van der Waals surface area contributed by atoms with Gasteiger partial charge < -0.3 is 14.6 Å². The SMILES string of the molecule is Cc1cc(CSc2ccccc2C(=O)OCC(=O)Nc2cc([N+](=O)[O-])ccc2C)on1. The number of thioether (sulfide) groups is 1. The number of aromatic nitrogens is 1. The molecule has 10 heteroatoms. The zero-order valence-electron chi connectivity index (χ0n) is 16.8. The van der Waals surface area contributed by atoms with Crippen LogP contribution >= 0.6 is 11.8 Å². The summed E-state index contributed by atoms with van der Waals surface area (Å²) >= 11 is 1.39. The fourth-order valence-electron chi connectivity index (χ4n) is 2.65. The van der Waals surface area contributed by atoms with Crippen molar-refractivity contribution >= 4 is 35.0 Å². The largest absolute Gasteiger partial charge is 0.452 e. The summed E-state index contributed by atoms with van der Waals surface area (Å²) in [6.45, 7) is 3.00. The van der Waals surface area contributed by atoms with Crippen LogP contribution < -0.4 is 5.32 Å². The van der Waals surface area contributed by atoms with Crippen LogP contribution in [0.3, 0.4) is 0 Å². The molecule has 31 heavy (non-hydrogen) atoms. The first kappa shape index (κ1) is 22.0. The molecule has 160 valence electrons. The molecule has 0 aliphatic rings. The highest BCUT2D eigenvalue weighted by Gasteiger charge is 2.16. The van der Waals surface area contributed by atoms with Gasteiger partial charge in [0.2, 0.25) is 0 Å². The van der Waals surface area contributed by atoms with Crippen molar-refractivity contribution in [2.24, 2.45) is 0 Å². The third kappa shape index (κ3) is 5.92. The van der Waals surface area contributed by atoms with E-state index in [9.17, 15) is 19.7 Å². The van der Waals surface area contributed by atoms with Gasteiger partial charge in [-0.1, -0.05) is 23.4 Å². The Morgan fingerprint density at radius 1 is 1.19 bits per heavy atom. The molecule has 0 spiro atoms. The normalized spacial score (nSPS) is 10.5. The Kier molecular flexibility index (Phi) is 7.03. The minimum atomic E-state index is -0.650. The second-order valence-electron chi connectivity index (χ2n) is 6.60. The highest BCUT2D eigenvalue weighted by molar-refractivity contribution is 7.98. The standard InChI is InChI=1S/C21H19N3O6S/c1-13-7-8-15(24(27)28)10-18(13)22-20(25)11-29-21(26)17-5-3-4-6-19(17)31-12-16-9-14(2)23-30-16/h3-10H,11-12H2,1-2H3,(H,22,25). The molecule has 0 radical (unpaired) electrons. The van der Waals surface area contributed by atoms with Gasteiger partial charge in [-0.2, -0.15) is 0 Å². The lowest BCUT2D eigenvalue weighted by Crippen LogP contribution is -2.21. The number of nitrogens with zero attached hydrogens (tertiary/aromatic N) is 2. The summed E-state index contributed by atoms with van der Waals surface area (Å²) in [5.74, 6) is -0.0862. The first-order valence-corrected chi connectivity index (χ1v) is 10.2. The van der Waals surface area contributed by atoms with Gasteiger partial charge in [-0.25, -0.2) is 4.79 Å². The lowest BCUT2D eigenvalue weighted by molar-refractivity contribution is -0.384. The zero-order chi connectivity index (χ0) is 22.4. The third-order valence-electron chi connectivity index (χ3n) is 4.19. The van der Waals surface area contributed by atoms with Crippen molar-refractivity contribution in [3.8, 4) is 0 Å². The van der Waals surface area contributed by atoms with Crippen molar-refractivity contribution in [3.05, 3.63) is 81.2 Å². The summed E-state index contributed by atoms with van der Waals surface area (Å²) < 4.78 is 10.3. The molecular weight excluding hydrogens is 422 g/mol. The number of non-ortho nitro benzene ring substituents is 1. The molecule has 1 heterocycles. The molecular formula is C21H19N3O6S. The van der Waals surface area contributed by atoms with Gasteiger partial charge in [0, 0.05) is 23.1 Å². The van der Waals surface area contributed by atoms with Gasteiger partial charge in [-0.3, -0.25) is 14.9 Å². The van der Waals surface area contributed by atoms with E-state index in [0.717, 1.165) is 5.69 Å². The highest BCUT2D eigenvalue weighted by Crippen LogP contribution is 2.27. The Morgan fingerprint density at radius 3 is 2.68 bits per heavy atom. The number of anilines is 1. The second-order valence-corrected chi connectivity index (χ2v) is 7.62. The number of nitro groups is 1. The van der Waals surface area contributed by atoms with Crippen LogP contribution in [0.5, 0.6) is 0 Å². The molecule has 0 aliphatic heterocycles. The predicted molar refractivity (Wildman–Crippen MR) is 114 cm³/mol. The second kappa shape index (κ2) is 9.90. The van der Waals surface area contributed by atoms with Crippen LogP contribution in [0, 0.1) is 24.0 Å². The van der Waals surface area contributed by atoms with E-state index >= 15 is 0 Å². The summed E-state index contributed by atoms with van der Waals surface area (Å²) in [7, 11) is 0. The number of hydrogen-bond acceptors (Lipinski definition) is 8. The predicted octanol–water partition coefficient (Wildman–Crippen LogP) is 4.29. The maximum absolute atomic E-state index is 12.5. The van der Waals surface area contributed by atoms with Crippen LogP contribution in [0.15, 0.2) is 57.9 Å². The van der Waals surface area contributed by atoms with Gasteiger partial charge in [-0.05, 0) is 31.5 Å². The lowest BCUT2D eigenvalue weighted by atomic mass is 10.2. The Labute approximate surface area is 181 Å². The highest BCUT2D eigenvalue weighted by atomic mass is 32.2. The molecule has 2 aromatic carbocycles. The molecule has 0 unspecified atom stereocenters. The lowest BCUT2D eigenvalue weighted by Gasteiger charge is -2.10. The Morgan fingerprint density at radius 2 is 1.97 bits per heavy atom. The van der Waals surface area contributed by atoms with E-state index in [4.69, 9.17) is 9.26 Å². The van der Waals surface area contributed by atoms with E-state index in [0.29, 0.717) is 27.5 Å². The number of hydrogen-bond donors (Lipinski definition) is 1. The van der Waals surface area contributed by atoms with E-state index in [1.165, 1.54) is 30.0 Å². The number of carbonyl (C=O) groups excluding carboxylic acids is 2. The number of rotatable bonds is 8. The maximum Gasteiger partial charge on any atom is 0.339 e. The Hall–Kier alpha value is -3.66. The quantitative estimate of drug-likeness (QED) is 0.238. The van der Waals surface area contributed by atoms with Crippen LogP contribution in [-0.4, -0.2) is 28.6 Å². The van der Waals surface area contributed by atoms with Gasteiger partial charge in [0.25, 0.3) is 11.6 Å². The number of ether oxygens (including phenoxy) is 1. The number of aryl methyl sites for hydroxylation is 2. The van der Waals surface area contributed by atoms with E-state index < -0.39 is 23.4 Å². The number of benzene rings is 2. The average Bonchev–Trinajstić information content (AvgIpc) is 3.17. The topological polar surface area (TPSA) is 125 Å². The van der Waals surface area contributed by atoms with Crippen LogP contribution in [0.25, 0.3) is 0 Å². The van der Waals surface area contributed by atoms with E-state index in [-0.39, 0.29) is 11.4 Å². The summed E-state index contributed by atoms with van der Waals surface area (Å²) in [5, 5.41) is 17.3. The van der Waals surface area contributed by atoms with Crippen molar-refractivity contribution < 1.29 is 23.8 Å². The molecule has 3 aromatic rings. The Bertz CT molecular complexity index is 1130.